The van der Waals surface area contributed by atoms with Crippen LogP contribution in [0.2, 0.25) is 0 Å². The van der Waals surface area contributed by atoms with Gasteiger partial charge in [-0.3, -0.25) is 4.79 Å². The summed E-state index contributed by atoms with van der Waals surface area (Å²) >= 11 is 0. The van der Waals surface area contributed by atoms with Gasteiger partial charge in [-0.1, -0.05) is 46.8 Å². The van der Waals surface area contributed by atoms with E-state index in [1.54, 1.807) is 0 Å². The van der Waals surface area contributed by atoms with Gasteiger partial charge in [-0.25, -0.2) is 0 Å². The fraction of sp³-hybridized carbons (Fsp3) is 0.667. The van der Waals surface area contributed by atoms with Crippen LogP contribution in [-0.2, 0) is 11.2 Å². The van der Waals surface area contributed by atoms with E-state index >= 15 is 0 Å². The molecule has 2 nitrogen and oxygen atoms in total. The normalized spacial score (nSPS) is 30.8. The highest BCUT2D eigenvalue weighted by Gasteiger charge is 2.65. The lowest BCUT2D eigenvalue weighted by Gasteiger charge is -2.32. The molecule has 3 unspecified atom stereocenters. The zero-order valence-corrected chi connectivity index (χ0v) is 15.9. The number of carbonyl (C=O) groups is 1. The molecule has 3 rings (SSSR count). The first-order valence-corrected chi connectivity index (χ1v) is 9.08. The number of Topliss-reactive ketones (excluding diaryl/α,β-unsaturated/α-hetero) is 1. The lowest BCUT2D eigenvalue weighted by atomic mass is 9.70. The van der Waals surface area contributed by atoms with Crippen LogP contribution in [0.15, 0.2) is 24.3 Å². The van der Waals surface area contributed by atoms with Crippen molar-refractivity contribution in [1.29, 1.82) is 0 Å². The molecular weight excluding hydrogens is 282 g/mol. The van der Waals surface area contributed by atoms with Crippen LogP contribution in [0.5, 0.6) is 0 Å². The first kappa shape index (κ1) is 18.0. The fourth-order valence-corrected chi connectivity index (χ4v) is 4.69. The van der Waals surface area contributed by atoms with Crippen LogP contribution in [0.4, 0.5) is 5.69 Å². The second kappa shape index (κ2) is 6.30. The quantitative estimate of drug-likeness (QED) is 0.785. The molecule has 2 bridgehead atoms. The molecular formula is C21H33NO. The van der Waals surface area contributed by atoms with Crippen LogP contribution >= 0.6 is 0 Å². The zero-order valence-electron chi connectivity index (χ0n) is 15.9. The smallest absolute Gasteiger partial charge is 0.142 e. The second-order valence-electron chi connectivity index (χ2n) is 7.93. The number of benzene rings is 1. The van der Waals surface area contributed by atoms with Crippen molar-refractivity contribution < 1.29 is 4.79 Å². The molecule has 0 heterocycles. The minimum absolute atomic E-state index is 0.0914. The number of carbonyl (C=O) groups excluding carboxylic acids is 1. The molecule has 2 aliphatic carbocycles. The molecule has 128 valence electrons. The van der Waals surface area contributed by atoms with E-state index in [0.29, 0.717) is 11.7 Å². The number of hydrogen-bond acceptors (Lipinski definition) is 2. The Labute approximate surface area is 142 Å². The molecule has 23 heavy (non-hydrogen) atoms. The largest absolute Gasteiger partial charge is 0.378 e. The molecule has 0 aromatic heterocycles. The van der Waals surface area contributed by atoms with Crippen LogP contribution in [-0.4, -0.2) is 19.9 Å². The standard InChI is InChI=1S/C19H27NO.C2H6/c1-18(2)16-10-11-19(18,3)17(21)15(16)12-13-6-8-14(9-7-13)20(4)5;1-2/h6-9,15-16H,10-12H2,1-5H3;1-2H3. The molecule has 0 spiro atoms. The van der Waals surface area contributed by atoms with Crippen LogP contribution in [0, 0.1) is 22.7 Å². The summed E-state index contributed by atoms with van der Waals surface area (Å²) in [6.07, 6.45) is 3.21. The van der Waals surface area contributed by atoms with Crippen molar-refractivity contribution in [3.05, 3.63) is 29.8 Å². The van der Waals surface area contributed by atoms with Crippen molar-refractivity contribution in [2.75, 3.05) is 19.0 Å². The third-order valence-corrected chi connectivity index (χ3v) is 6.58. The molecule has 2 fully saturated rings. The van der Waals surface area contributed by atoms with Gasteiger partial charge in [0.15, 0.2) is 0 Å². The lowest BCUT2D eigenvalue weighted by Crippen LogP contribution is -2.33. The number of rotatable bonds is 3. The van der Waals surface area contributed by atoms with E-state index in [0.717, 1.165) is 12.8 Å². The third kappa shape index (κ3) is 2.70. The Morgan fingerprint density at radius 3 is 2.09 bits per heavy atom. The van der Waals surface area contributed by atoms with Crippen LogP contribution in [0.3, 0.4) is 0 Å². The van der Waals surface area contributed by atoms with Crippen molar-refractivity contribution >= 4 is 11.5 Å². The van der Waals surface area contributed by atoms with Gasteiger partial charge in [0, 0.05) is 31.1 Å². The van der Waals surface area contributed by atoms with Gasteiger partial charge in [0.25, 0.3) is 0 Å². The Morgan fingerprint density at radius 2 is 1.65 bits per heavy atom. The number of fused-ring (bicyclic) bond motifs is 2. The fourth-order valence-electron chi connectivity index (χ4n) is 4.69. The molecule has 0 N–H and O–H groups in total. The predicted molar refractivity (Wildman–Crippen MR) is 98.9 cm³/mol. The van der Waals surface area contributed by atoms with Gasteiger partial charge in [0.2, 0.25) is 0 Å². The number of hydrogen-bond donors (Lipinski definition) is 0. The van der Waals surface area contributed by atoms with Gasteiger partial charge in [0.05, 0.1) is 0 Å². The van der Waals surface area contributed by atoms with E-state index in [1.807, 2.05) is 13.8 Å². The summed E-state index contributed by atoms with van der Waals surface area (Å²) < 4.78 is 0. The number of anilines is 1. The molecule has 2 heteroatoms. The predicted octanol–water partition coefficient (Wildman–Crippen LogP) is 4.96. The monoisotopic (exact) mass is 315 g/mol. The maximum atomic E-state index is 12.9. The van der Waals surface area contributed by atoms with Crippen LogP contribution in [0.25, 0.3) is 0 Å². The maximum absolute atomic E-state index is 12.9. The van der Waals surface area contributed by atoms with E-state index in [-0.39, 0.29) is 16.7 Å². The Balaban J connectivity index is 0.000000924. The van der Waals surface area contributed by atoms with Crippen molar-refractivity contribution in [3.8, 4) is 0 Å². The highest BCUT2D eigenvalue weighted by atomic mass is 16.1. The van der Waals surface area contributed by atoms with Gasteiger partial charge < -0.3 is 4.90 Å². The summed E-state index contributed by atoms with van der Waals surface area (Å²) in [5.41, 5.74) is 2.58. The summed E-state index contributed by atoms with van der Waals surface area (Å²) in [7, 11) is 4.11. The van der Waals surface area contributed by atoms with Gasteiger partial charge >= 0.3 is 0 Å². The van der Waals surface area contributed by atoms with Crippen LogP contribution in [0.1, 0.15) is 53.0 Å². The van der Waals surface area contributed by atoms with Gasteiger partial charge in [0.1, 0.15) is 5.78 Å². The molecule has 1 aromatic carbocycles. The van der Waals surface area contributed by atoms with Crippen LogP contribution < -0.4 is 4.90 Å². The highest BCUT2D eigenvalue weighted by molar-refractivity contribution is 5.91. The summed E-state index contributed by atoms with van der Waals surface area (Å²) in [4.78, 5) is 15.0. The Bertz CT molecular complexity index is 558. The molecule has 0 radical (unpaired) electrons. The van der Waals surface area contributed by atoms with Gasteiger partial charge in [-0.15, -0.1) is 0 Å². The Morgan fingerprint density at radius 1 is 1.09 bits per heavy atom. The first-order valence-electron chi connectivity index (χ1n) is 9.08. The molecule has 3 atom stereocenters. The third-order valence-electron chi connectivity index (χ3n) is 6.58. The average Bonchev–Trinajstić information content (AvgIpc) is 2.84. The Kier molecular flexibility index (Phi) is 4.94. The van der Waals surface area contributed by atoms with Crippen molar-refractivity contribution in [1.82, 2.24) is 0 Å². The minimum Gasteiger partial charge on any atom is -0.378 e. The molecule has 2 aliphatic rings. The van der Waals surface area contributed by atoms with Gasteiger partial charge in [-0.2, -0.15) is 0 Å². The molecule has 2 saturated carbocycles. The van der Waals surface area contributed by atoms with Crippen molar-refractivity contribution in [3.63, 3.8) is 0 Å². The highest BCUT2D eigenvalue weighted by Crippen LogP contribution is 2.66. The summed E-state index contributed by atoms with van der Waals surface area (Å²) in [6, 6.07) is 8.67. The molecule has 0 saturated heterocycles. The van der Waals surface area contributed by atoms with Crippen molar-refractivity contribution in [2.24, 2.45) is 22.7 Å². The summed E-state index contributed by atoms with van der Waals surface area (Å²) in [5, 5.41) is 0. The summed E-state index contributed by atoms with van der Waals surface area (Å²) in [6.45, 7) is 10.8. The van der Waals surface area contributed by atoms with E-state index < -0.39 is 0 Å². The van der Waals surface area contributed by atoms with E-state index in [2.05, 4.69) is 64.0 Å². The van der Waals surface area contributed by atoms with E-state index in [1.165, 1.54) is 17.7 Å². The maximum Gasteiger partial charge on any atom is 0.142 e. The van der Waals surface area contributed by atoms with Gasteiger partial charge in [-0.05, 0) is 48.3 Å². The molecule has 0 aliphatic heterocycles. The minimum atomic E-state index is -0.0914. The van der Waals surface area contributed by atoms with E-state index in [9.17, 15) is 4.79 Å². The summed E-state index contributed by atoms with van der Waals surface area (Å²) in [5.74, 6) is 1.30. The van der Waals surface area contributed by atoms with E-state index in [4.69, 9.17) is 0 Å². The Hall–Kier alpha value is -1.31. The average molecular weight is 316 g/mol. The first-order chi connectivity index (χ1) is 10.8. The SMILES string of the molecule is CC.CN(C)c1ccc(CC2C(=O)C3(C)CCC2C3(C)C)cc1. The topological polar surface area (TPSA) is 20.3 Å². The molecule has 1 aromatic rings. The molecule has 0 amide bonds. The lowest BCUT2D eigenvalue weighted by molar-refractivity contribution is -0.131. The second-order valence-corrected chi connectivity index (χ2v) is 7.93. The number of nitrogens with zero attached hydrogens (tertiary/aromatic N) is 1. The number of ketones is 1. The van der Waals surface area contributed by atoms with Crippen molar-refractivity contribution in [2.45, 2.75) is 53.9 Å². The zero-order chi connectivity index (χ0) is 17.4.